The third-order valence-electron chi connectivity index (χ3n) is 4.96. The Morgan fingerprint density at radius 1 is 0.909 bits per heavy atom. The number of fused-ring (bicyclic) bond motifs is 1. The van der Waals surface area contributed by atoms with Gasteiger partial charge in [-0.25, -0.2) is 0 Å². The predicted octanol–water partition coefficient (Wildman–Crippen LogP) is 2.40. The summed E-state index contributed by atoms with van der Waals surface area (Å²) in [6.45, 7) is 1.57. The zero-order valence-corrected chi connectivity index (χ0v) is 12.4. The van der Waals surface area contributed by atoms with E-state index in [0.29, 0.717) is 23.0 Å². The topological polar surface area (TPSA) is 40.5 Å². The number of aliphatic hydroxyl groups is 1. The van der Waals surface area contributed by atoms with Crippen molar-refractivity contribution in [1.82, 2.24) is 4.90 Å². The normalized spacial score (nSPS) is 23.2. The van der Waals surface area contributed by atoms with Crippen LogP contribution in [0.5, 0.6) is 0 Å². The molecule has 2 atom stereocenters. The Labute approximate surface area is 130 Å². The van der Waals surface area contributed by atoms with Gasteiger partial charge < -0.3 is 10.0 Å². The number of carbonyl (C=O) groups excluding carboxylic acids is 1. The van der Waals surface area contributed by atoms with Crippen LogP contribution in [0.15, 0.2) is 60.7 Å². The largest absolute Gasteiger partial charge is 0.372 e. The molecule has 1 N–H and O–H groups in total. The Hall–Kier alpha value is -2.13. The summed E-state index contributed by atoms with van der Waals surface area (Å²) in [5.74, 6) is 1.11. The van der Waals surface area contributed by atoms with Crippen LogP contribution in [0.3, 0.4) is 0 Å². The molecule has 1 aliphatic carbocycles. The molecule has 2 unspecified atom stereocenters. The summed E-state index contributed by atoms with van der Waals surface area (Å²) in [7, 11) is 0. The molecule has 3 heteroatoms. The van der Waals surface area contributed by atoms with Crippen LogP contribution < -0.4 is 0 Å². The van der Waals surface area contributed by atoms with Crippen molar-refractivity contribution in [1.29, 1.82) is 0 Å². The first kappa shape index (κ1) is 13.5. The first-order valence-electron chi connectivity index (χ1n) is 7.82. The van der Waals surface area contributed by atoms with Crippen molar-refractivity contribution < 1.29 is 9.90 Å². The minimum absolute atomic E-state index is 0.197. The number of hydrogen-bond acceptors (Lipinski definition) is 2. The van der Waals surface area contributed by atoms with E-state index in [1.54, 1.807) is 0 Å². The van der Waals surface area contributed by atoms with Gasteiger partial charge in [0.15, 0.2) is 5.60 Å². The average Bonchev–Trinajstić information content (AvgIpc) is 3.20. The lowest BCUT2D eigenvalue weighted by Gasteiger charge is -2.33. The van der Waals surface area contributed by atoms with E-state index in [1.165, 1.54) is 6.42 Å². The molecule has 4 rings (SSSR count). The van der Waals surface area contributed by atoms with Crippen molar-refractivity contribution in [2.45, 2.75) is 12.0 Å². The molecular weight excluding hydrogens is 274 g/mol. The van der Waals surface area contributed by atoms with Crippen molar-refractivity contribution in [2.24, 2.45) is 11.8 Å². The molecule has 3 nitrogen and oxygen atoms in total. The summed E-state index contributed by atoms with van der Waals surface area (Å²) in [5, 5.41) is 11.4. The smallest absolute Gasteiger partial charge is 0.263 e. The third-order valence-corrected chi connectivity index (χ3v) is 4.96. The maximum Gasteiger partial charge on any atom is 0.263 e. The molecule has 22 heavy (non-hydrogen) atoms. The van der Waals surface area contributed by atoms with E-state index in [1.807, 2.05) is 65.6 Å². The van der Waals surface area contributed by atoms with Crippen LogP contribution in [0.25, 0.3) is 0 Å². The second-order valence-electron chi connectivity index (χ2n) is 6.41. The highest BCUT2D eigenvalue weighted by atomic mass is 16.3. The van der Waals surface area contributed by atoms with Gasteiger partial charge in [-0.1, -0.05) is 60.7 Å². The molecular formula is C19H19NO2. The first-order valence-corrected chi connectivity index (χ1v) is 7.82. The van der Waals surface area contributed by atoms with Gasteiger partial charge in [0.1, 0.15) is 0 Å². The summed E-state index contributed by atoms with van der Waals surface area (Å²) >= 11 is 0. The molecule has 2 aromatic carbocycles. The SMILES string of the molecule is O=C(N1CC2CC2C1)C(O)(c1ccccc1)c1ccccc1. The van der Waals surface area contributed by atoms with E-state index in [9.17, 15) is 9.90 Å². The molecule has 1 amide bonds. The highest BCUT2D eigenvalue weighted by Gasteiger charge is 2.51. The van der Waals surface area contributed by atoms with Gasteiger partial charge in [0.25, 0.3) is 5.91 Å². The molecule has 2 aromatic rings. The quantitative estimate of drug-likeness (QED) is 0.944. The minimum atomic E-state index is -1.60. The molecule has 0 bridgehead atoms. The van der Waals surface area contributed by atoms with Crippen LogP contribution in [0.1, 0.15) is 17.5 Å². The molecule has 1 aliphatic heterocycles. The highest BCUT2D eigenvalue weighted by molar-refractivity contribution is 5.90. The average molecular weight is 293 g/mol. The second-order valence-corrected chi connectivity index (χ2v) is 6.41. The van der Waals surface area contributed by atoms with E-state index in [-0.39, 0.29) is 5.91 Å². The monoisotopic (exact) mass is 293 g/mol. The molecule has 1 saturated carbocycles. The number of piperidine rings is 1. The maximum atomic E-state index is 13.1. The Balaban J connectivity index is 1.76. The molecule has 0 radical (unpaired) electrons. The lowest BCUT2D eigenvalue weighted by atomic mass is 9.85. The predicted molar refractivity (Wildman–Crippen MR) is 84.1 cm³/mol. The third kappa shape index (κ3) is 2.04. The molecule has 1 saturated heterocycles. The molecule has 112 valence electrons. The fourth-order valence-corrected chi connectivity index (χ4v) is 3.57. The Morgan fingerprint density at radius 2 is 1.36 bits per heavy atom. The van der Waals surface area contributed by atoms with Crippen molar-refractivity contribution in [3.63, 3.8) is 0 Å². The van der Waals surface area contributed by atoms with Gasteiger partial charge in [0.05, 0.1) is 0 Å². The summed E-state index contributed by atoms with van der Waals surface area (Å²) in [6.07, 6.45) is 1.24. The number of hydrogen-bond donors (Lipinski definition) is 1. The summed E-state index contributed by atoms with van der Waals surface area (Å²) < 4.78 is 0. The van der Waals surface area contributed by atoms with Crippen molar-refractivity contribution in [3.05, 3.63) is 71.8 Å². The van der Waals surface area contributed by atoms with Crippen molar-refractivity contribution in [3.8, 4) is 0 Å². The fraction of sp³-hybridized carbons (Fsp3) is 0.316. The number of carbonyl (C=O) groups is 1. The first-order chi connectivity index (χ1) is 10.7. The second kappa shape index (κ2) is 4.96. The minimum Gasteiger partial charge on any atom is -0.372 e. The Bertz CT molecular complexity index is 634. The van der Waals surface area contributed by atoms with Crippen LogP contribution in [-0.2, 0) is 10.4 Å². The Morgan fingerprint density at radius 3 is 1.82 bits per heavy atom. The molecule has 0 spiro atoms. The number of amides is 1. The highest BCUT2D eigenvalue weighted by Crippen LogP contribution is 2.46. The zero-order chi connectivity index (χ0) is 15.2. The van der Waals surface area contributed by atoms with Crippen molar-refractivity contribution in [2.75, 3.05) is 13.1 Å². The summed E-state index contributed by atoms with van der Waals surface area (Å²) in [6, 6.07) is 18.5. The van der Waals surface area contributed by atoms with Crippen LogP contribution >= 0.6 is 0 Å². The van der Waals surface area contributed by atoms with Gasteiger partial charge in [-0.05, 0) is 29.4 Å². The number of likely N-dealkylation sites (tertiary alicyclic amines) is 1. The zero-order valence-electron chi connectivity index (χ0n) is 12.4. The lowest BCUT2D eigenvalue weighted by Crippen LogP contribution is -2.47. The van der Waals surface area contributed by atoms with E-state index in [2.05, 4.69) is 0 Å². The fourth-order valence-electron chi connectivity index (χ4n) is 3.57. The van der Waals surface area contributed by atoms with Crippen LogP contribution in [0.4, 0.5) is 0 Å². The number of rotatable bonds is 3. The van der Waals surface area contributed by atoms with E-state index in [0.717, 1.165) is 13.1 Å². The van der Waals surface area contributed by atoms with Gasteiger partial charge in [0, 0.05) is 13.1 Å². The van der Waals surface area contributed by atoms with Gasteiger partial charge in [-0.3, -0.25) is 4.79 Å². The van der Waals surface area contributed by atoms with Gasteiger partial charge in [-0.15, -0.1) is 0 Å². The van der Waals surface area contributed by atoms with E-state index in [4.69, 9.17) is 0 Å². The number of benzene rings is 2. The van der Waals surface area contributed by atoms with Crippen LogP contribution in [-0.4, -0.2) is 29.0 Å². The Kier molecular flexibility index (Phi) is 3.05. The standard InChI is InChI=1S/C19H19NO2/c21-18(20-12-14-11-15(14)13-20)19(22,16-7-3-1-4-8-16)17-9-5-2-6-10-17/h1-10,14-15,22H,11-13H2. The van der Waals surface area contributed by atoms with Crippen LogP contribution in [0.2, 0.25) is 0 Å². The summed E-state index contributed by atoms with van der Waals surface area (Å²) in [5.41, 5.74) is -0.335. The molecule has 2 aliphatic rings. The molecule has 2 fully saturated rings. The number of nitrogens with zero attached hydrogens (tertiary/aromatic N) is 1. The molecule has 0 aromatic heterocycles. The van der Waals surface area contributed by atoms with Crippen molar-refractivity contribution >= 4 is 5.91 Å². The van der Waals surface area contributed by atoms with Gasteiger partial charge in [-0.2, -0.15) is 0 Å². The van der Waals surface area contributed by atoms with Gasteiger partial charge >= 0.3 is 0 Å². The lowest BCUT2D eigenvalue weighted by molar-refractivity contribution is -0.147. The molecule has 1 heterocycles. The van der Waals surface area contributed by atoms with Crippen LogP contribution in [0, 0.1) is 11.8 Å². The summed E-state index contributed by atoms with van der Waals surface area (Å²) in [4.78, 5) is 14.9. The van der Waals surface area contributed by atoms with E-state index < -0.39 is 5.60 Å². The van der Waals surface area contributed by atoms with E-state index >= 15 is 0 Å². The maximum absolute atomic E-state index is 13.1. The van der Waals surface area contributed by atoms with Gasteiger partial charge in [0.2, 0.25) is 0 Å².